The van der Waals surface area contributed by atoms with Gasteiger partial charge in [0.05, 0.1) is 6.61 Å². The Bertz CT molecular complexity index is 92.4. The second kappa shape index (κ2) is 9.39. The summed E-state index contributed by atoms with van der Waals surface area (Å²) in [5, 5.41) is 0. The van der Waals surface area contributed by atoms with Gasteiger partial charge in [0, 0.05) is 13.0 Å². The highest BCUT2D eigenvalue weighted by molar-refractivity contribution is 5.68. The zero-order valence-corrected chi connectivity index (χ0v) is 7.05. The maximum absolute atomic E-state index is 10.5. The van der Waals surface area contributed by atoms with Gasteiger partial charge < -0.3 is 14.9 Å². The third kappa shape index (κ3) is 9.39. The maximum Gasteiger partial charge on any atom is 0.305 e. The molecule has 4 heteroatoms. The number of ether oxygens (including phenoxy) is 2. The molecule has 0 aromatic carbocycles. The fraction of sp³-hybridized carbons (Fsp3) is 0.857. The highest BCUT2D eigenvalue weighted by Crippen LogP contribution is 1.83. The SMILES string of the molecule is CCOCCOC(=O)CC.O. The second-order valence-corrected chi connectivity index (χ2v) is 1.77. The quantitative estimate of drug-likeness (QED) is 0.429. The van der Waals surface area contributed by atoms with Gasteiger partial charge in [0.2, 0.25) is 0 Å². The molecule has 0 fully saturated rings. The molecule has 0 rings (SSSR count). The van der Waals surface area contributed by atoms with Crippen LogP contribution in [0.3, 0.4) is 0 Å². The van der Waals surface area contributed by atoms with Crippen LogP contribution in [-0.4, -0.2) is 31.3 Å². The van der Waals surface area contributed by atoms with Crippen molar-refractivity contribution in [2.45, 2.75) is 20.3 Å². The molecular weight excluding hydrogens is 148 g/mol. The van der Waals surface area contributed by atoms with Crippen LogP contribution in [0.2, 0.25) is 0 Å². The molecule has 0 saturated heterocycles. The van der Waals surface area contributed by atoms with Gasteiger partial charge in [0.25, 0.3) is 0 Å². The van der Waals surface area contributed by atoms with Gasteiger partial charge in [-0.3, -0.25) is 4.79 Å². The highest BCUT2D eigenvalue weighted by atomic mass is 16.6. The summed E-state index contributed by atoms with van der Waals surface area (Å²) in [6.07, 6.45) is 0.437. The Kier molecular flexibility index (Phi) is 11.1. The molecule has 4 nitrogen and oxygen atoms in total. The van der Waals surface area contributed by atoms with Crippen molar-refractivity contribution in [1.82, 2.24) is 0 Å². The molecule has 0 aromatic rings. The van der Waals surface area contributed by atoms with Crippen LogP contribution in [0.15, 0.2) is 0 Å². The van der Waals surface area contributed by atoms with Crippen molar-refractivity contribution in [3.63, 3.8) is 0 Å². The molecule has 0 unspecified atom stereocenters. The van der Waals surface area contributed by atoms with Gasteiger partial charge in [0.15, 0.2) is 0 Å². The normalized spacial score (nSPS) is 8.55. The van der Waals surface area contributed by atoms with Crippen LogP contribution in [0.1, 0.15) is 20.3 Å². The molecule has 0 aliphatic rings. The van der Waals surface area contributed by atoms with E-state index in [0.717, 1.165) is 0 Å². The predicted molar refractivity (Wildman–Crippen MR) is 41.4 cm³/mol. The van der Waals surface area contributed by atoms with Crippen LogP contribution >= 0.6 is 0 Å². The van der Waals surface area contributed by atoms with Crippen molar-refractivity contribution in [3.05, 3.63) is 0 Å². The molecule has 68 valence electrons. The van der Waals surface area contributed by atoms with Crippen LogP contribution in [0, 0.1) is 0 Å². The Hall–Kier alpha value is -0.610. The lowest BCUT2D eigenvalue weighted by molar-refractivity contribution is -0.144. The summed E-state index contributed by atoms with van der Waals surface area (Å²) in [6.45, 7) is 5.22. The van der Waals surface area contributed by atoms with Crippen LogP contribution in [0.5, 0.6) is 0 Å². The maximum atomic E-state index is 10.5. The Morgan fingerprint density at radius 3 is 2.36 bits per heavy atom. The van der Waals surface area contributed by atoms with E-state index in [1.165, 1.54) is 0 Å². The molecule has 0 saturated carbocycles. The summed E-state index contributed by atoms with van der Waals surface area (Å²) in [6, 6.07) is 0. The number of carbonyl (C=O) groups is 1. The zero-order valence-electron chi connectivity index (χ0n) is 7.05. The molecule has 11 heavy (non-hydrogen) atoms. The van der Waals surface area contributed by atoms with Gasteiger partial charge in [-0.1, -0.05) is 6.92 Å². The van der Waals surface area contributed by atoms with Crippen molar-refractivity contribution < 1.29 is 19.7 Å². The first-order chi connectivity index (χ1) is 4.81. The molecule has 0 atom stereocenters. The molecular formula is C7H16O4. The Labute approximate surface area is 66.8 Å². The van der Waals surface area contributed by atoms with Crippen LogP contribution in [-0.2, 0) is 14.3 Å². The molecule has 0 spiro atoms. The predicted octanol–water partition coefficient (Wildman–Crippen LogP) is 0.151. The van der Waals surface area contributed by atoms with Crippen molar-refractivity contribution >= 4 is 5.97 Å². The third-order valence-electron chi connectivity index (χ3n) is 0.984. The van der Waals surface area contributed by atoms with Gasteiger partial charge in [-0.05, 0) is 6.92 Å². The first-order valence-corrected chi connectivity index (χ1v) is 3.54. The fourth-order valence-corrected chi connectivity index (χ4v) is 0.461. The van der Waals surface area contributed by atoms with E-state index in [2.05, 4.69) is 0 Å². The second-order valence-electron chi connectivity index (χ2n) is 1.77. The lowest BCUT2D eigenvalue weighted by atomic mass is 10.5. The minimum atomic E-state index is -0.167. The first-order valence-electron chi connectivity index (χ1n) is 3.54. The first kappa shape index (κ1) is 13.0. The third-order valence-corrected chi connectivity index (χ3v) is 0.984. The number of hydrogen-bond acceptors (Lipinski definition) is 3. The van der Waals surface area contributed by atoms with Crippen molar-refractivity contribution in [1.29, 1.82) is 0 Å². The van der Waals surface area contributed by atoms with Crippen LogP contribution in [0.4, 0.5) is 0 Å². The van der Waals surface area contributed by atoms with Crippen molar-refractivity contribution in [3.8, 4) is 0 Å². The van der Waals surface area contributed by atoms with E-state index < -0.39 is 0 Å². The van der Waals surface area contributed by atoms with Crippen LogP contribution in [0.25, 0.3) is 0 Å². The highest BCUT2D eigenvalue weighted by Gasteiger charge is 1.95. The van der Waals surface area contributed by atoms with Crippen molar-refractivity contribution in [2.75, 3.05) is 19.8 Å². The van der Waals surface area contributed by atoms with E-state index in [4.69, 9.17) is 9.47 Å². The Balaban J connectivity index is 0. The van der Waals surface area contributed by atoms with Crippen LogP contribution < -0.4 is 0 Å². The van der Waals surface area contributed by atoms with Gasteiger partial charge in [0.1, 0.15) is 6.61 Å². The van der Waals surface area contributed by atoms with Gasteiger partial charge in [-0.25, -0.2) is 0 Å². The summed E-state index contributed by atoms with van der Waals surface area (Å²) in [4.78, 5) is 10.5. The number of hydrogen-bond donors (Lipinski definition) is 0. The number of rotatable bonds is 5. The average Bonchev–Trinajstić information content (AvgIpc) is 1.98. The molecule has 0 heterocycles. The molecule has 0 aliphatic heterocycles. The molecule has 0 aliphatic carbocycles. The van der Waals surface area contributed by atoms with E-state index >= 15 is 0 Å². The monoisotopic (exact) mass is 164 g/mol. The average molecular weight is 164 g/mol. The summed E-state index contributed by atoms with van der Waals surface area (Å²) in [7, 11) is 0. The number of carbonyl (C=O) groups excluding carboxylic acids is 1. The zero-order chi connectivity index (χ0) is 7.82. The lowest BCUT2D eigenvalue weighted by Gasteiger charge is -2.01. The summed E-state index contributed by atoms with van der Waals surface area (Å²) in [5.74, 6) is -0.167. The summed E-state index contributed by atoms with van der Waals surface area (Å²) >= 11 is 0. The minimum Gasteiger partial charge on any atom is -0.463 e. The molecule has 0 aromatic heterocycles. The number of esters is 1. The lowest BCUT2D eigenvalue weighted by Crippen LogP contribution is -2.09. The van der Waals surface area contributed by atoms with Gasteiger partial charge >= 0.3 is 5.97 Å². The van der Waals surface area contributed by atoms with Gasteiger partial charge in [-0.2, -0.15) is 0 Å². The molecule has 0 bridgehead atoms. The van der Waals surface area contributed by atoms with Gasteiger partial charge in [-0.15, -0.1) is 0 Å². The molecule has 2 N–H and O–H groups in total. The van der Waals surface area contributed by atoms with E-state index in [-0.39, 0.29) is 11.4 Å². The Morgan fingerprint density at radius 2 is 1.91 bits per heavy atom. The summed E-state index contributed by atoms with van der Waals surface area (Å²) in [5.41, 5.74) is 0. The topological polar surface area (TPSA) is 67.0 Å². The van der Waals surface area contributed by atoms with E-state index in [9.17, 15) is 4.79 Å². The largest absolute Gasteiger partial charge is 0.463 e. The minimum absolute atomic E-state index is 0. The summed E-state index contributed by atoms with van der Waals surface area (Å²) < 4.78 is 9.68. The molecule has 0 amide bonds. The Morgan fingerprint density at radius 1 is 1.27 bits per heavy atom. The molecule has 0 radical (unpaired) electrons. The smallest absolute Gasteiger partial charge is 0.305 e. The van der Waals surface area contributed by atoms with E-state index in [0.29, 0.717) is 26.2 Å². The fourth-order valence-electron chi connectivity index (χ4n) is 0.461. The standard InChI is InChI=1S/C7H14O3.H2O/c1-3-7(8)10-6-5-9-4-2;/h3-6H2,1-2H3;1H2. The van der Waals surface area contributed by atoms with Crippen molar-refractivity contribution in [2.24, 2.45) is 0 Å². The van der Waals surface area contributed by atoms with E-state index in [1.807, 2.05) is 6.92 Å². The van der Waals surface area contributed by atoms with E-state index in [1.54, 1.807) is 6.92 Å².